The van der Waals surface area contributed by atoms with Crippen LogP contribution in [0.4, 0.5) is 4.39 Å². The Labute approximate surface area is 114 Å². The van der Waals surface area contributed by atoms with Gasteiger partial charge in [-0.05, 0) is 47.9 Å². The van der Waals surface area contributed by atoms with Crippen molar-refractivity contribution in [2.45, 2.75) is 19.4 Å². The molecule has 2 rings (SSSR count). The first-order valence-corrected chi connectivity index (χ1v) is 6.54. The minimum absolute atomic E-state index is 0.267. The molecule has 0 aliphatic carbocycles. The van der Waals surface area contributed by atoms with Crippen molar-refractivity contribution in [3.63, 3.8) is 0 Å². The Kier molecular flexibility index (Phi) is 4.15. The lowest BCUT2D eigenvalue weighted by Gasteiger charge is -2.13. The summed E-state index contributed by atoms with van der Waals surface area (Å²) in [4.78, 5) is 0. The van der Waals surface area contributed by atoms with Crippen LogP contribution >= 0.6 is 15.9 Å². The summed E-state index contributed by atoms with van der Waals surface area (Å²) < 4.78 is 14.1. The van der Waals surface area contributed by atoms with Crippen LogP contribution in [0.1, 0.15) is 22.8 Å². The average molecular weight is 309 g/mol. The fraction of sp³-hybridized carbons (Fsp3) is 0.200. The SMILES string of the molecule is Cc1ccc(F)cc1CC(O)c1cccc(Br)c1. The predicted molar refractivity (Wildman–Crippen MR) is 73.9 cm³/mol. The van der Waals surface area contributed by atoms with E-state index in [1.807, 2.05) is 31.2 Å². The van der Waals surface area contributed by atoms with Crippen molar-refractivity contribution in [2.75, 3.05) is 0 Å². The van der Waals surface area contributed by atoms with Crippen LogP contribution in [0.25, 0.3) is 0 Å². The van der Waals surface area contributed by atoms with E-state index >= 15 is 0 Å². The number of aliphatic hydroxyl groups excluding tert-OH is 1. The molecule has 0 spiro atoms. The van der Waals surface area contributed by atoms with Crippen molar-refractivity contribution < 1.29 is 9.50 Å². The number of aryl methyl sites for hydroxylation is 1. The highest BCUT2D eigenvalue weighted by molar-refractivity contribution is 9.10. The summed E-state index contributed by atoms with van der Waals surface area (Å²) in [7, 11) is 0. The lowest BCUT2D eigenvalue weighted by Crippen LogP contribution is -2.03. The van der Waals surface area contributed by atoms with E-state index in [9.17, 15) is 9.50 Å². The first-order valence-electron chi connectivity index (χ1n) is 5.75. The minimum Gasteiger partial charge on any atom is -0.388 e. The highest BCUT2D eigenvalue weighted by Crippen LogP contribution is 2.23. The van der Waals surface area contributed by atoms with Crippen LogP contribution in [0.3, 0.4) is 0 Å². The number of aliphatic hydroxyl groups is 1. The van der Waals surface area contributed by atoms with Crippen molar-refractivity contribution in [3.05, 3.63) is 69.4 Å². The Morgan fingerprint density at radius 3 is 2.72 bits per heavy atom. The van der Waals surface area contributed by atoms with Crippen molar-refractivity contribution in [1.29, 1.82) is 0 Å². The summed E-state index contributed by atoms with van der Waals surface area (Å²) >= 11 is 3.37. The summed E-state index contributed by atoms with van der Waals surface area (Å²) in [5.41, 5.74) is 2.65. The van der Waals surface area contributed by atoms with Gasteiger partial charge in [0.25, 0.3) is 0 Å². The molecule has 94 valence electrons. The highest BCUT2D eigenvalue weighted by atomic mass is 79.9. The van der Waals surface area contributed by atoms with E-state index in [-0.39, 0.29) is 5.82 Å². The van der Waals surface area contributed by atoms with E-state index in [1.54, 1.807) is 6.07 Å². The van der Waals surface area contributed by atoms with Gasteiger partial charge in [-0.2, -0.15) is 0 Å². The molecule has 0 bridgehead atoms. The topological polar surface area (TPSA) is 20.2 Å². The number of halogens is 2. The second kappa shape index (κ2) is 5.63. The second-order valence-electron chi connectivity index (χ2n) is 4.35. The fourth-order valence-corrected chi connectivity index (χ4v) is 2.32. The molecule has 0 amide bonds. The third kappa shape index (κ3) is 3.18. The summed E-state index contributed by atoms with van der Waals surface area (Å²) in [6.45, 7) is 1.92. The lowest BCUT2D eigenvalue weighted by molar-refractivity contribution is 0.178. The number of hydrogen-bond acceptors (Lipinski definition) is 1. The molecule has 18 heavy (non-hydrogen) atoms. The molecule has 0 saturated carbocycles. The highest BCUT2D eigenvalue weighted by Gasteiger charge is 2.11. The maximum atomic E-state index is 13.2. The Morgan fingerprint density at radius 1 is 1.22 bits per heavy atom. The van der Waals surface area contributed by atoms with Gasteiger partial charge in [0.15, 0.2) is 0 Å². The standard InChI is InChI=1S/C15H14BrFO/c1-10-5-6-14(17)8-12(10)9-15(18)11-3-2-4-13(16)7-11/h2-8,15,18H,9H2,1H3. The second-order valence-corrected chi connectivity index (χ2v) is 5.26. The van der Waals surface area contributed by atoms with Gasteiger partial charge in [0, 0.05) is 10.9 Å². The minimum atomic E-state index is -0.622. The van der Waals surface area contributed by atoms with Crippen LogP contribution in [0, 0.1) is 12.7 Å². The zero-order valence-corrected chi connectivity index (χ0v) is 11.6. The molecule has 0 saturated heterocycles. The molecule has 0 aromatic heterocycles. The van der Waals surface area contributed by atoms with Gasteiger partial charge >= 0.3 is 0 Å². The third-order valence-corrected chi connectivity index (χ3v) is 3.45. The molecular weight excluding hydrogens is 295 g/mol. The average Bonchev–Trinajstić information content (AvgIpc) is 2.34. The molecule has 0 aliphatic rings. The smallest absolute Gasteiger partial charge is 0.123 e. The van der Waals surface area contributed by atoms with E-state index in [2.05, 4.69) is 15.9 Å². The van der Waals surface area contributed by atoms with Gasteiger partial charge in [-0.3, -0.25) is 0 Å². The van der Waals surface area contributed by atoms with Crippen LogP contribution < -0.4 is 0 Å². The van der Waals surface area contributed by atoms with Gasteiger partial charge in [-0.25, -0.2) is 4.39 Å². The first-order chi connectivity index (χ1) is 8.56. The van der Waals surface area contributed by atoms with Crippen molar-refractivity contribution >= 4 is 15.9 Å². The van der Waals surface area contributed by atoms with Crippen molar-refractivity contribution in [3.8, 4) is 0 Å². The van der Waals surface area contributed by atoms with Gasteiger partial charge in [0.1, 0.15) is 5.82 Å². The zero-order chi connectivity index (χ0) is 13.1. The lowest BCUT2D eigenvalue weighted by atomic mass is 9.98. The monoisotopic (exact) mass is 308 g/mol. The summed E-state index contributed by atoms with van der Waals surface area (Å²) in [5.74, 6) is -0.267. The quantitative estimate of drug-likeness (QED) is 0.902. The molecule has 0 heterocycles. The van der Waals surface area contributed by atoms with Gasteiger partial charge < -0.3 is 5.11 Å². The van der Waals surface area contributed by atoms with Gasteiger partial charge in [0.05, 0.1) is 6.10 Å². The summed E-state index contributed by atoms with van der Waals surface area (Å²) in [6, 6.07) is 12.2. The van der Waals surface area contributed by atoms with E-state index in [4.69, 9.17) is 0 Å². The van der Waals surface area contributed by atoms with Gasteiger partial charge in [0.2, 0.25) is 0 Å². The van der Waals surface area contributed by atoms with Crippen molar-refractivity contribution in [1.82, 2.24) is 0 Å². The van der Waals surface area contributed by atoms with Crippen LogP contribution in [-0.2, 0) is 6.42 Å². The van der Waals surface area contributed by atoms with Gasteiger partial charge in [-0.1, -0.05) is 34.1 Å². The molecule has 0 radical (unpaired) electrons. The van der Waals surface area contributed by atoms with Crippen LogP contribution in [0.2, 0.25) is 0 Å². The fourth-order valence-electron chi connectivity index (χ4n) is 1.90. The molecule has 3 heteroatoms. The largest absolute Gasteiger partial charge is 0.388 e. The third-order valence-electron chi connectivity index (χ3n) is 2.96. The van der Waals surface area contributed by atoms with E-state index < -0.39 is 6.10 Å². The maximum absolute atomic E-state index is 13.2. The molecule has 0 aliphatic heterocycles. The predicted octanol–water partition coefficient (Wildman–Crippen LogP) is 4.17. The Morgan fingerprint density at radius 2 is 2.00 bits per heavy atom. The molecule has 1 N–H and O–H groups in total. The molecule has 1 atom stereocenters. The molecule has 0 fully saturated rings. The summed E-state index contributed by atoms with van der Waals surface area (Å²) in [5, 5.41) is 10.2. The molecule has 1 unspecified atom stereocenters. The van der Waals surface area contributed by atoms with E-state index in [1.165, 1.54) is 12.1 Å². The van der Waals surface area contributed by atoms with Crippen LogP contribution in [-0.4, -0.2) is 5.11 Å². The Balaban J connectivity index is 2.21. The molecule has 1 nitrogen and oxygen atoms in total. The number of hydrogen-bond donors (Lipinski definition) is 1. The number of rotatable bonds is 3. The van der Waals surface area contributed by atoms with Crippen LogP contribution in [0.5, 0.6) is 0 Å². The van der Waals surface area contributed by atoms with Crippen LogP contribution in [0.15, 0.2) is 46.9 Å². The molecular formula is C15H14BrFO. The summed E-state index contributed by atoms with van der Waals surface area (Å²) in [6.07, 6.45) is -0.206. The van der Waals surface area contributed by atoms with E-state index in [0.29, 0.717) is 6.42 Å². The normalized spacial score (nSPS) is 12.4. The van der Waals surface area contributed by atoms with Crippen molar-refractivity contribution in [2.24, 2.45) is 0 Å². The Bertz CT molecular complexity index is 554. The molecule has 2 aromatic carbocycles. The number of benzene rings is 2. The first kappa shape index (κ1) is 13.2. The van der Waals surface area contributed by atoms with E-state index in [0.717, 1.165) is 21.2 Å². The molecule has 2 aromatic rings. The maximum Gasteiger partial charge on any atom is 0.123 e. The Hall–Kier alpha value is -1.19. The van der Waals surface area contributed by atoms with Gasteiger partial charge in [-0.15, -0.1) is 0 Å². The zero-order valence-electron chi connectivity index (χ0n) is 10.0.